The van der Waals surface area contributed by atoms with E-state index in [1.807, 2.05) is 112 Å². The molecule has 0 aliphatic carbocycles. The van der Waals surface area contributed by atoms with Gasteiger partial charge in [-0.2, -0.15) is 0 Å². The first-order valence-corrected chi connectivity index (χ1v) is 18.8. The van der Waals surface area contributed by atoms with Gasteiger partial charge in [0.05, 0.1) is 0 Å². The second-order valence-electron chi connectivity index (χ2n) is 10.4. The van der Waals surface area contributed by atoms with Crippen molar-refractivity contribution >= 4 is 39.0 Å². The molecule has 0 N–H and O–H groups in total. The maximum absolute atomic E-state index is 13.8. The van der Waals surface area contributed by atoms with E-state index in [0.717, 1.165) is 15.9 Å². The van der Waals surface area contributed by atoms with Crippen LogP contribution in [0.3, 0.4) is 0 Å². The number of hydrogen-bond donors (Lipinski definition) is 0. The van der Waals surface area contributed by atoms with E-state index in [-0.39, 0.29) is 6.07 Å². The van der Waals surface area contributed by atoms with Crippen LogP contribution < -0.4 is 20.6 Å². The summed E-state index contributed by atoms with van der Waals surface area (Å²) >= 11 is 0. The Bertz CT molecular complexity index is 1350. The first-order valence-electron chi connectivity index (χ1n) is 14.3. The molecule has 0 radical (unpaired) electrons. The van der Waals surface area contributed by atoms with Crippen molar-refractivity contribution in [3.8, 4) is 5.75 Å². The van der Waals surface area contributed by atoms with E-state index in [2.05, 4.69) is 0 Å². The van der Waals surface area contributed by atoms with Gasteiger partial charge in [0.15, 0.2) is 0 Å². The van der Waals surface area contributed by atoms with E-state index in [4.69, 9.17) is 13.4 Å². The molecule has 0 bridgehead atoms. The molecule has 0 aromatic heterocycles. The van der Waals surface area contributed by atoms with Crippen LogP contribution in [0.5, 0.6) is 5.75 Å². The molecule has 4 rings (SSSR count). The van der Waals surface area contributed by atoms with E-state index in [9.17, 15) is 26.3 Å². The quantitative estimate of drug-likeness (QED) is 0.0872. The summed E-state index contributed by atoms with van der Waals surface area (Å²) in [5.41, 5.74) is -2.97. The van der Waals surface area contributed by atoms with Crippen LogP contribution in [0.1, 0.15) is 31.9 Å². The molecule has 0 heterocycles. The second-order valence-corrected chi connectivity index (χ2v) is 18.5. The number of hydrogen-bond acceptors (Lipinski definition) is 3. The summed E-state index contributed by atoms with van der Waals surface area (Å²) in [7, 11) is -7.77. The van der Waals surface area contributed by atoms with Gasteiger partial charge in [-0.15, -0.1) is 0 Å². The monoisotopic (exact) mass is 650 g/mol. The average Bonchev–Trinajstić information content (AvgIpc) is 3.02. The molecule has 4 aromatic carbocycles. The first kappa shape index (κ1) is 33.8. The predicted octanol–water partition coefficient (Wildman–Crippen LogP) is 8.77. The third kappa shape index (κ3) is 7.57. The maximum atomic E-state index is 13.8. The Morgan fingerprint density at radius 2 is 0.955 bits per heavy atom. The minimum absolute atomic E-state index is 0.0731. The van der Waals surface area contributed by atoms with Gasteiger partial charge in [-0.3, -0.25) is 0 Å². The Kier molecular flexibility index (Phi) is 10.7. The van der Waals surface area contributed by atoms with Gasteiger partial charge in [0.1, 0.15) is 0 Å². The van der Waals surface area contributed by atoms with Gasteiger partial charge in [-0.25, -0.2) is 0 Å². The van der Waals surface area contributed by atoms with Crippen molar-refractivity contribution in [3.63, 3.8) is 0 Å². The topological polar surface area (TPSA) is 27.7 Å². The molecule has 4 aromatic rings. The summed E-state index contributed by atoms with van der Waals surface area (Å²) in [6, 6.07) is 31.2. The summed E-state index contributed by atoms with van der Waals surface area (Å²) < 4.78 is 102. The van der Waals surface area contributed by atoms with E-state index in [1.54, 1.807) is 0 Å². The van der Waals surface area contributed by atoms with Crippen molar-refractivity contribution in [2.75, 3.05) is 0 Å². The van der Waals surface area contributed by atoms with Crippen LogP contribution in [0.4, 0.5) is 26.3 Å². The number of benzene rings is 4. The normalized spacial score (nSPS) is 13.0. The summed E-state index contributed by atoms with van der Waals surface area (Å²) in [5.74, 6) is -0.652. The molecular weight excluding hydrogens is 616 g/mol. The zero-order valence-corrected chi connectivity index (χ0v) is 26.6. The van der Waals surface area contributed by atoms with Gasteiger partial charge in [0.25, 0.3) is 0 Å². The molecule has 44 heavy (non-hydrogen) atoms. The number of alkyl halides is 6. The summed E-state index contributed by atoms with van der Waals surface area (Å²) in [5, 5.41) is 2.39. The van der Waals surface area contributed by atoms with Gasteiger partial charge in [-0.05, 0) is 0 Å². The van der Waals surface area contributed by atoms with Crippen LogP contribution in [0.2, 0.25) is 18.1 Å². The van der Waals surface area contributed by atoms with E-state index in [0.29, 0.717) is 30.3 Å². The summed E-state index contributed by atoms with van der Waals surface area (Å²) in [6.45, 7) is 5.87. The van der Waals surface area contributed by atoms with Crippen LogP contribution in [0.25, 0.3) is 0 Å². The van der Waals surface area contributed by atoms with Crippen molar-refractivity contribution in [2.45, 2.75) is 51.3 Å². The molecule has 0 saturated carbocycles. The molecule has 0 unspecified atom stereocenters. The van der Waals surface area contributed by atoms with Gasteiger partial charge < -0.3 is 0 Å². The second kappa shape index (κ2) is 13.9. The van der Waals surface area contributed by atoms with E-state index in [1.165, 1.54) is 0 Å². The van der Waals surface area contributed by atoms with Crippen molar-refractivity contribution in [1.82, 2.24) is 0 Å². The average molecular weight is 650 g/mol. The number of rotatable bonds is 12. The van der Waals surface area contributed by atoms with Gasteiger partial charge in [-0.1, -0.05) is 0 Å². The third-order valence-electron chi connectivity index (χ3n) is 7.89. The first-order chi connectivity index (χ1) is 20.9. The summed E-state index contributed by atoms with van der Waals surface area (Å²) in [6.07, 6.45) is -10.1. The molecular formula is C32H34BF6O3PSi. The molecule has 0 spiro atoms. The van der Waals surface area contributed by atoms with Crippen molar-refractivity contribution in [1.29, 1.82) is 0 Å². The molecule has 3 nitrogen and oxygen atoms in total. The van der Waals surface area contributed by atoms with Crippen LogP contribution in [-0.4, -0.2) is 15.6 Å². The van der Waals surface area contributed by atoms with Gasteiger partial charge >= 0.3 is 256 Å². The van der Waals surface area contributed by atoms with Gasteiger partial charge in [0, 0.05) is 0 Å². The van der Waals surface area contributed by atoms with Gasteiger partial charge in [0.2, 0.25) is 0 Å². The van der Waals surface area contributed by atoms with E-state index >= 15 is 0 Å². The number of halogens is 6. The molecule has 0 amide bonds. The predicted molar refractivity (Wildman–Crippen MR) is 169 cm³/mol. The molecule has 0 aliphatic rings. The van der Waals surface area contributed by atoms with Crippen LogP contribution in [0, 0.1) is 0 Å². The van der Waals surface area contributed by atoms with Crippen LogP contribution in [0.15, 0.2) is 109 Å². The van der Waals surface area contributed by atoms with Crippen LogP contribution in [-0.2, 0) is 21.1 Å². The zero-order valence-electron chi connectivity index (χ0n) is 24.6. The Morgan fingerprint density at radius 1 is 0.591 bits per heavy atom. The Balaban J connectivity index is 1.96. The van der Waals surface area contributed by atoms with E-state index < -0.39 is 52.4 Å². The standard InChI is InChI=1S/C32H34BF6O3PSi/c1-4-44(5-2,6-3)42-33(40-27-23-25(31(34,35)36)22-26(24-27)32(37,38)39)41-43(28-16-10-7-11-17-28,29-18-12-8-13-19-29)30-20-14-9-15-21-30/h7-24,43H,4-6H2,1-3H3. The third-order valence-corrected chi connectivity index (χ3v) is 16.4. The molecule has 12 heteroatoms. The fraction of sp³-hybridized carbons (Fsp3) is 0.250. The molecule has 0 saturated heterocycles. The van der Waals surface area contributed by atoms with Crippen molar-refractivity contribution in [3.05, 3.63) is 120 Å². The Hall–Kier alpha value is -3.11. The molecule has 0 fully saturated rings. The Morgan fingerprint density at radius 3 is 1.27 bits per heavy atom. The SMILES string of the molecule is CC[Si](CC)(CC)OB(Oc1cc(C(F)(F)F)cc(C(F)(F)F)c1)O[PH](c1ccccc1)(c1ccccc1)c1ccccc1. The zero-order chi connectivity index (χ0) is 32.0. The molecule has 234 valence electrons. The fourth-order valence-electron chi connectivity index (χ4n) is 5.25. The van der Waals surface area contributed by atoms with Crippen LogP contribution >= 0.6 is 7.49 Å². The minimum atomic E-state index is -5.04. The molecule has 0 aliphatic heterocycles. The molecule has 0 atom stereocenters. The van der Waals surface area contributed by atoms with Crippen molar-refractivity contribution in [2.24, 2.45) is 0 Å². The Labute approximate surface area is 255 Å². The fourth-order valence-corrected chi connectivity index (χ4v) is 11.6. The summed E-state index contributed by atoms with van der Waals surface area (Å²) in [4.78, 5) is 0. The van der Waals surface area contributed by atoms with Crippen molar-refractivity contribution < 1.29 is 39.8 Å².